The minimum Gasteiger partial charge on any atom is -0.423 e. The molecule has 0 aliphatic carbocycles. The first-order valence-electron chi connectivity index (χ1n) is 14.5. The van der Waals surface area contributed by atoms with Crippen LogP contribution in [0.4, 0.5) is 11.8 Å². The summed E-state index contributed by atoms with van der Waals surface area (Å²) in [5.41, 5.74) is 10.3. The lowest BCUT2D eigenvalue weighted by atomic mass is 10.1. The molecule has 2 amide bonds. The van der Waals surface area contributed by atoms with Gasteiger partial charge in [0.1, 0.15) is 23.3 Å². The van der Waals surface area contributed by atoms with Crippen LogP contribution in [0.15, 0.2) is 77.6 Å². The predicted octanol–water partition coefficient (Wildman–Crippen LogP) is 4.75. The standard InChI is InChI=1S/C32H34N8O3/c1-3-38(4-2)15-8-11-27(41)39-16-14-23(18-39)40-19-24(28-29(33)34-20-35-30(28)40)31(42)37-32-36-25-17-22(12-13-26(25)43-32)21-9-6-5-7-10-21/h5-13,17,19-20,23H,3-4,14-16,18H2,1-2H3,(H2,33,34,35)(H,36,37,42)/b11-8+. The molecule has 1 aliphatic rings. The Labute approximate surface area is 249 Å². The summed E-state index contributed by atoms with van der Waals surface area (Å²) in [6.07, 6.45) is 7.40. The molecule has 0 spiro atoms. The fourth-order valence-electron chi connectivity index (χ4n) is 5.57. The van der Waals surface area contributed by atoms with E-state index in [-0.39, 0.29) is 23.8 Å². The van der Waals surface area contributed by atoms with Gasteiger partial charge in [-0.3, -0.25) is 14.9 Å². The van der Waals surface area contributed by atoms with Crippen molar-refractivity contribution in [2.24, 2.45) is 0 Å². The molecule has 1 aliphatic heterocycles. The number of hydrogen-bond donors (Lipinski definition) is 2. The van der Waals surface area contributed by atoms with Crippen LogP contribution < -0.4 is 11.1 Å². The monoisotopic (exact) mass is 578 g/mol. The van der Waals surface area contributed by atoms with E-state index >= 15 is 0 Å². The van der Waals surface area contributed by atoms with Gasteiger partial charge in [0.2, 0.25) is 5.91 Å². The van der Waals surface area contributed by atoms with Gasteiger partial charge in [0.25, 0.3) is 5.91 Å². The van der Waals surface area contributed by atoms with Gasteiger partial charge in [0, 0.05) is 31.9 Å². The molecule has 43 heavy (non-hydrogen) atoms. The number of fused-ring (bicyclic) bond motifs is 2. The molecule has 11 heteroatoms. The highest BCUT2D eigenvalue weighted by molar-refractivity contribution is 6.14. The second-order valence-corrected chi connectivity index (χ2v) is 10.5. The topological polar surface area (TPSA) is 135 Å². The Bertz CT molecular complexity index is 1810. The minimum absolute atomic E-state index is 0.0235. The number of carbonyl (C=O) groups is 2. The first-order valence-corrected chi connectivity index (χ1v) is 14.5. The molecule has 3 aromatic heterocycles. The van der Waals surface area contributed by atoms with Crippen molar-refractivity contribution in [3.63, 3.8) is 0 Å². The number of nitrogen functional groups attached to an aromatic ring is 1. The molecular formula is C32H34N8O3. The molecule has 1 fully saturated rings. The molecule has 220 valence electrons. The van der Waals surface area contributed by atoms with E-state index in [2.05, 4.69) is 39.0 Å². The highest BCUT2D eigenvalue weighted by Crippen LogP contribution is 2.32. The first-order chi connectivity index (χ1) is 20.9. The maximum Gasteiger partial charge on any atom is 0.302 e. The fraction of sp³-hybridized carbons (Fsp3) is 0.281. The quantitative estimate of drug-likeness (QED) is 0.239. The maximum absolute atomic E-state index is 13.6. The summed E-state index contributed by atoms with van der Waals surface area (Å²) in [4.78, 5) is 43.6. The van der Waals surface area contributed by atoms with Crippen LogP contribution in [0.25, 0.3) is 33.3 Å². The van der Waals surface area contributed by atoms with Crippen molar-refractivity contribution in [2.45, 2.75) is 26.3 Å². The molecule has 11 nitrogen and oxygen atoms in total. The second-order valence-electron chi connectivity index (χ2n) is 10.5. The van der Waals surface area contributed by atoms with Gasteiger partial charge in [0.15, 0.2) is 5.58 Å². The number of likely N-dealkylation sites (N-methyl/N-ethyl adjacent to an activating group) is 1. The van der Waals surface area contributed by atoms with Crippen molar-refractivity contribution in [3.05, 3.63) is 78.8 Å². The third-order valence-corrected chi connectivity index (χ3v) is 7.99. The summed E-state index contributed by atoms with van der Waals surface area (Å²) in [7, 11) is 0. The van der Waals surface area contributed by atoms with Crippen molar-refractivity contribution in [1.29, 1.82) is 0 Å². The SMILES string of the molecule is CCN(CC)C/C=C/C(=O)N1CCC(n2cc(C(=O)Nc3nc4cc(-c5ccccc5)ccc4o3)c3c(N)ncnc32)C1. The molecule has 1 saturated heterocycles. The molecular weight excluding hydrogens is 544 g/mol. The van der Waals surface area contributed by atoms with Crippen LogP contribution in [0.1, 0.15) is 36.7 Å². The van der Waals surface area contributed by atoms with Crippen molar-refractivity contribution in [3.8, 4) is 11.1 Å². The summed E-state index contributed by atoms with van der Waals surface area (Å²) in [6, 6.07) is 15.7. The summed E-state index contributed by atoms with van der Waals surface area (Å²) >= 11 is 0. The molecule has 0 bridgehead atoms. The zero-order valence-electron chi connectivity index (χ0n) is 24.2. The normalized spacial score (nSPS) is 15.3. The highest BCUT2D eigenvalue weighted by Gasteiger charge is 2.30. The third-order valence-electron chi connectivity index (χ3n) is 7.99. The third kappa shape index (κ3) is 5.71. The molecule has 0 saturated carbocycles. The Balaban J connectivity index is 1.22. The van der Waals surface area contributed by atoms with Crippen LogP contribution in [-0.2, 0) is 4.79 Å². The van der Waals surface area contributed by atoms with Gasteiger partial charge in [-0.2, -0.15) is 4.98 Å². The smallest absolute Gasteiger partial charge is 0.302 e. The van der Waals surface area contributed by atoms with Gasteiger partial charge >= 0.3 is 6.01 Å². The number of hydrogen-bond acceptors (Lipinski definition) is 8. The molecule has 3 N–H and O–H groups in total. The Morgan fingerprint density at radius 3 is 2.72 bits per heavy atom. The van der Waals surface area contributed by atoms with E-state index in [1.54, 1.807) is 12.3 Å². The van der Waals surface area contributed by atoms with Crippen molar-refractivity contribution in [1.82, 2.24) is 29.3 Å². The number of carbonyl (C=O) groups excluding carboxylic acids is 2. The summed E-state index contributed by atoms with van der Waals surface area (Å²) in [5, 5.41) is 3.23. The highest BCUT2D eigenvalue weighted by atomic mass is 16.4. The molecule has 4 heterocycles. The minimum atomic E-state index is -0.439. The zero-order valence-corrected chi connectivity index (χ0v) is 24.2. The van der Waals surface area contributed by atoms with Crippen LogP contribution in [0.5, 0.6) is 0 Å². The summed E-state index contributed by atoms with van der Waals surface area (Å²) in [6.45, 7) is 7.92. The molecule has 2 aromatic carbocycles. The van der Waals surface area contributed by atoms with E-state index in [4.69, 9.17) is 10.2 Å². The fourth-order valence-corrected chi connectivity index (χ4v) is 5.57. The van der Waals surface area contributed by atoms with E-state index in [9.17, 15) is 9.59 Å². The number of amides is 2. The summed E-state index contributed by atoms with van der Waals surface area (Å²) in [5.74, 6) is -0.265. The number of likely N-dealkylation sites (tertiary alicyclic amines) is 1. The molecule has 1 unspecified atom stereocenters. The van der Waals surface area contributed by atoms with Crippen molar-refractivity contribution in [2.75, 3.05) is 43.8 Å². The Morgan fingerprint density at radius 2 is 1.93 bits per heavy atom. The van der Waals surface area contributed by atoms with Crippen molar-refractivity contribution >= 4 is 45.8 Å². The van der Waals surface area contributed by atoms with E-state index in [1.165, 1.54) is 6.33 Å². The number of aromatic nitrogens is 4. The molecule has 1 atom stereocenters. The summed E-state index contributed by atoms with van der Waals surface area (Å²) < 4.78 is 7.76. The van der Waals surface area contributed by atoms with Crippen LogP contribution in [0.2, 0.25) is 0 Å². The number of nitrogens with one attached hydrogen (secondary N) is 1. The van der Waals surface area contributed by atoms with Crippen LogP contribution in [-0.4, -0.2) is 73.9 Å². The van der Waals surface area contributed by atoms with Gasteiger partial charge in [0.05, 0.1) is 17.0 Å². The van der Waals surface area contributed by atoms with E-state index in [0.717, 1.165) is 37.2 Å². The lowest BCUT2D eigenvalue weighted by Gasteiger charge is -2.17. The number of anilines is 2. The van der Waals surface area contributed by atoms with Crippen molar-refractivity contribution < 1.29 is 14.0 Å². The van der Waals surface area contributed by atoms with E-state index in [0.29, 0.717) is 40.8 Å². The van der Waals surface area contributed by atoms with Gasteiger partial charge in [-0.15, -0.1) is 0 Å². The van der Waals surface area contributed by atoms with Gasteiger partial charge in [-0.05, 0) is 42.8 Å². The largest absolute Gasteiger partial charge is 0.423 e. The Hall–Kier alpha value is -5.03. The zero-order chi connectivity index (χ0) is 29.9. The lowest BCUT2D eigenvalue weighted by molar-refractivity contribution is -0.125. The molecule has 5 aromatic rings. The number of oxazole rings is 1. The first kappa shape index (κ1) is 28.1. The average molecular weight is 579 g/mol. The van der Waals surface area contributed by atoms with Gasteiger partial charge in [-0.25, -0.2) is 9.97 Å². The number of rotatable bonds is 9. The predicted molar refractivity (Wildman–Crippen MR) is 167 cm³/mol. The van der Waals surface area contributed by atoms with E-state index in [1.807, 2.05) is 64.1 Å². The maximum atomic E-state index is 13.6. The van der Waals surface area contributed by atoms with Crippen LogP contribution in [0.3, 0.4) is 0 Å². The molecule has 0 radical (unpaired) electrons. The second kappa shape index (κ2) is 12.1. The average Bonchev–Trinajstić information content (AvgIpc) is 3.76. The lowest BCUT2D eigenvalue weighted by Crippen LogP contribution is -2.28. The van der Waals surface area contributed by atoms with Gasteiger partial charge in [-0.1, -0.05) is 56.3 Å². The molecule has 6 rings (SSSR count). The number of nitrogens with two attached hydrogens (primary N) is 1. The Morgan fingerprint density at radius 1 is 1.12 bits per heavy atom. The van der Waals surface area contributed by atoms with Crippen LogP contribution in [0, 0.1) is 0 Å². The van der Waals surface area contributed by atoms with Gasteiger partial charge < -0.3 is 24.5 Å². The Kier molecular flexibility index (Phi) is 7.89. The van der Waals surface area contributed by atoms with Crippen LogP contribution >= 0.6 is 0 Å². The number of benzene rings is 2. The van der Waals surface area contributed by atoms with E-state index < -0.39 is 5.91 Å². The number of nitrogens with zero attached hydrogens (tertiary/aromatic N) is 6.